The van der Waals surface area contributed by atoms with E-state index in [2.05, 4.69) is 108 Å². The third kappa shape index (κ3) is 17.7. The first-order valence-electron chi connectivity index (χ1n) is 16.9. The third-order valence-corrected chi connectivity index (χ3v) is 7.96. The second-order valence-corrected chi connectivity index (χ2v) is 13.9. The molecule has 1 unspecified atom stereocenters. The molecule has 0 aliphatic heterocycles. The Morgan fingerprint density at radius 2 is 1.10 bits per heavy atom. The molecule has 0 spiro atoms. The summed E-state index contributed by atoms with van der Waals surface area (Å²) in [6.45, 7) is 23.4. The van der Waals surface area contributed by atoms with Gasteiger partial charge in [0.2, 0.25) is 0 Å². The molecule has 0 bridgehead atoms. The first-order chi connectivity index (χ1) is 22.4. The van der Waals surface area contributed by atoms with Gasteiger partial charge in [0.1, 0.15) is 5.60 Å². The van der Waals surface area contributed by atoms with Gasteiger partial charge in [0.15, 0.2) is 6.10 Å². The molecule has 0 amide bonds. The maximum atomic E-state index is 11.6. The van der Waals surface area contributed by atoms with Crippen LogP contribution in [-0.4, -0.2) is 23.6 Å². The predicted molar refractivity (Wildman–Crippen MR) is 205 cm³/mol. The summed E-state index contributed by atoms with van der Waals surface area (Å²) in [5.41, 5.74) is 7.95. The fraction of sp³-hybridized carbons (Fsp3) is 0.409. The van der Waals surface area contributed by atoms with Crippen LogP contribution in [0.25, 0.3) is 0 Å². The number of allylic oxidation sites excluding steroid dienone is 23. The highest BCUT2D eigenvalue weighted by molar-refractivity contribution is 5.68. The van der Waals surface area contributed by atoms with Gasteiger partial charge in [-0.05, 0) is 91.7 Å². The highest BCUT2D eigenvalue weighted by Gasteiger charge is 2.33. The predicted octanol–water partition coefficient (Wildman–Crippen LogP) is 11.9. The van der Waals surface area contributed by atoms with Gasteiger partial charge in [0.05, 0.1) is 0 Å². The fourth-order valence-corrected chi connectivity index (χ4v) is 5.23. The van der Waals surface area contributed by atoms with Crippen molar-refractivity contribution in [2.75, 3.05) is 0 Å². The number of carbonyl (C=O) groups excluding carboxylic acids is 2. The van der Waals surface area contributed by atoms with Crippen LogP contribution in [0, 0.1) is 5.41 Å². The number of ether oxygens (including phenoxy) is 2. The zero-order valence-corrected chi connectivity index (χ0v) is 31.6. The molecule has 0 N–H and O–H groups in total. The molecule has 0 heterocycles. The Bertz CT molecular complexity index is 1480. The normalized spacial score (nSPS) is 18.5. The van der Waals surface area contributed by atoms with E-state index in [0.717, 1.165) is 16.7 Å². The van der Waals surface area contributed by atoms with E-state index in [1.54, 1.807) is 19.9 Å². The molecule has 260 valence electrons. The number of hydrogen-bond donors (Lipinski definition) is 0. The standard InChI is InChI=1S/C44H60O4/c1-33(19-13-14-20-34(2)22-16-25-36(4)28-30-41-38(6)27-18-32-43(41,9)10)21-15-23-35(3)24-17-26-37(5)29-31-42(47-39(7)45)44(11,12)48-40(8)46/h13-17,19-26,28-31,42H,18,27,32H2,1-12H3. The maximum Gasteiger partial charge on any atom is 0.303 e. The van der Waals surface area contributed by atoms with Gasteiger partial charge in [-0.1, -0.05) is 145 Å². The average molecular weight is 653 g/mol. The molecule has 0 saturated carbocycles. The zero-order valence-electron chi connectivity index (χ0n) is 31.6. The van der Waals surface area contributed by atoms with E-state index < -0.39 is 23.6 Å². The summed E-state index contributed by atoms with van der Waals surface area (Å²) in [6.07, 6.45) is 38.1. The Morgan fingerprint density at radius 1 is 0.667 bits per heavy atom. The second-order valence-electron chi connectivity index (χ2n) is 13.9. The molecule has 0 aromatic carbocycles. The SMILES string of the molecule is CC(=O)OC(C=CC(C)=CC=CC(C)=CC=CC(C)=CC=CC=C(C)C=CC=C(C)C=CC1=C(C)CCCC1(C)C)C(C)(C)OC(C)=O. The maximum absolute atomic E-state index is 11.6. The number of hydrogen-bond acceptors (Lipinski definition) is 4. The molecular weight excluding hydrogens is 592 g/mol. The van der Waals surface area contributed by atoms with Crippen molar-refractivity contribution in [1.82, 2.24) is 0 Å². The highest BCUT2D eigenvalue weighted by atomic mass is 16.6. The van der Waals surface area contributed by atoms with E-state index in [0.29, 0.717) is 0 Å². The number of esters is 2. The summed E-state index contributed by atoms with van der Waals surface area (Å²) in [5.74, 6) is -0.870. The van der Waals surface area contributed by atoms with E-state index >= 15 is 0 Å². The average Bonchev–Trinajstić information content (AvgIpc) is 2.96. The molecule has 4 heteroatoms. The summed E-state index contributed by atoms with van der Waals surface area (Å²) in [6, 6.07) is 0. The minimum Gasteiger partial charge on any atom is -0.456 e. The van der Waals surface area contributed by atoms with Crippen LogP contribution >= 0.6 is 0 Å². The second kappa shape index (κ2) is 20.9. The van der Waals surface area contributed by atoms with Crippen LogP contribution in [0.2, 0.25) is 0 Å². The van der Waals surface area contributed by atoms with Gasteiger partial charge in [-0.2, -0.15) is 0 Å². The van der Waals surface area contributed by atoms with Gasteiger partial charge in [0, 0.05) is 13.8 Å². The van der Waals surface area contributed by atoms with Crippen molar-refractivity contribution < 1.29 is 19.1 Å². The summed E-state index contributed by atoms with van der Waals surface area (Å²) in [4.78, 5) is 23.0. The van der Waals surface area contributed by atoms with Crippen molar-refractivity contribution in [2.24, 2.45) is 5.41 Å². The van der Waals surface area contributed by atoms with Crippen molar-refractivity contribution in [3.05, 3.63) is 142 Å². The monoisotopic (exact) mass is 652 g/mol. The van der Waals surface area contributed by atoms with Gasteiger partial charge in [0.25, 0.3) is 0 Å². The van der Waals surface area contributed by atoms with Crippen molar-refractivity contribution in [1.29, 1.82) is 0 Å². The smallest absolute Gasteiger partial charge is 0.303 e. The van der Waals surface area contributed by atoms with Crippen molar-refractivity contribution in [2.45, 2.75) is 114 Å². The van der Waals surface area contributed by atoms with Crippen molar-refractivity contribution >= 4 is 11.9 Å². The van der Waals surface area contributed by atoms with Crippen molar-refractivity contribution in [3.8, 4) is 0 Å². The van der Waals surface area contributed by atoms with E-state index in [-0.39, 0.29) is 5.41 Å². The van der Waals surface area contributed by atoms with Crippen LogP contribution in [0.5, 0.6) is 0 Å². The molecule has 0 saturated heterocycles. The number of rotatable bonds is 15. The molecule has 0 radical (unpaired) electrons. The summed E-state index contributed by atoms with van der Waals surface area (Å²) < 4.78 is 10.7. The van der Waals surface area contributed by atoms with Gasteiger partial charge in [-0.25, -0.2) is 0 Å². The van der Waals surface area contributed by atoms with Crippen LogP contribution in [0.1, 0.15) is 102 Å². The number of carbonyl (C=O) groups is 2. The van der Waals surface area contributed by atoms with E-state index in [1.807, 2.05) is 44.2 Å². The molecule has 4 nitrogen and oxygen atoms in total. The Kier molecular flexibility index (Phi) is 18.2. The highest BCUT2D eigenvalue weighted by Crippen LogP contribution is 2.40. The van der Waals surface area contributed by atoms with Gasteiger partial charge in [-0.15, -0.1) is 0 Å². The molecule has 0 aromatic rings. The molecule has 1 aliphatic rings. The van der Waals surface area contributed by atoms with Gasteiger partial charge < -0.3 is 9.47 Å². The summed E-state index contributed by atoms with van der Waals surface area (Å²) in [7, 11) is 0. The van der Waals surface area contributed by atoms with Crippen LogP contribution in [0.15, 0.2) is 142 Å². The molecule has 0 aromatic heterocycles. The molecule has 1 aliphatic carbocycles. The third-order valence-electron chi connectivity index (χ3n) is 7.96. The van der Waals surface area contributed by atoms with E-state index in [1.165, 1.54) is 55.4 Å². The molecular formula is C44H60O4. The lowest BCUT2D eigenvalue weighted by Gasteiger charge is -2.32. The Hall–Kier alpha value is -4.18. The van der Waals surface area contributed by atoms with Gasteiger partial charge in [-0.3, -0.25) is 9.59 Å². The first kappa shape index (κ1) is 41.8. The summed E-state index contributed by atoms with van der Waals surface area (Å²) >= 11 is 0. The molecule has 1 atom stereocenters. The van der Waals surface area contributed by atoms with Crippen LogP contribution in [-0.2, 0) is 19.1 Å². The first-order valence-corrected chi connectivity index (χ1v) is 16.9. The van der Waals surface area contributed by atoms with Crippen LogP contribution in [0.4, 0.5) is 0 Å². The topological polar surface area (TPSA) is 52.6 Å². The minimum absolute atomic E-state index is 0.266. The minimum atomic E-state index is -0.982. The van der Waals surface area contributed by atoms with E-state index in [4.69, 9.17) is 9.47 Å². The van der Waals surface area contributed by atoms with Crippen molar-refractivity contribution in [3.63, 3.8) is 0 Å². The van der Waals surface area contributed by atoms with Crippen LogP contribution < -0.4 is 0 Å². The zero-order chi connectivity index (χ0) is 36.3. The lowest BCUT2D eigenvalue weighted by Crippen LogP contribution is -2.42. The Morgan fingerprint density at radius 3 is 1.54 bits per heavy atom. The fourth-order valence-electron chi connectivity index (χ4n) is 5.23. The molecule has 0 fully saturated rings. The Labute approximate surface area is 292 Å². The quantitative estimate of drug-likeness (QED) is 0.130. The molecule has 1 rings (SSSR count). The largest absolute Gasteiger partial charge is 0.456 e. The lowest BCUT2D eigenvalue weighted by atomic mass is 9.72. The molecule has 48 heavy (non-hydrogen) atoms. The van der Waals surface area contributed by atoms with E-state index in [9.17, 15) is 9.59 Å². The Balaban J connectivity index is 2.70. The van der Waals surface area contributed by atoms with Crippen LogP contribution in [0.3, 0.4) is 0 Å². The lowest BCUT2D eigenvalue weighted by molar-refractivity contribution is -0.173. The van der Waals surface area contributed by atoms with Gasteiger partial charge >= 0.3 is 11.9 Å². The summed E-state index contributed by atoms with van der Waals surface area (Å²) in [5, 5.41) is 0.